The molecule has 0 aromatic heterocycles. The van der Waals surface area contributed by atoms with Gasteiger partial charge in [-0.1, -0.05) is 184 Å². The first-order chi connectivity index (χ1) is 28.0. The van der Waals surface area contributed by atoms with Crippen LogP contribution in [0.5, 0.6) is 0 Å². The Morgan fingerprint density at radius 3 is 1.28 bits per heavy atom. The van der Waals surface area contributed by atoms with E-state index in [2.05, 4.69) is 202 Å². The lowest BCUT2D eigenvalue weighted by atomic mass is 9.80. The van der Waals surface area contributed by atoms with Crippen molar-refractivity contribution in [2.24, 2.45) is 0 Å². The first-order valence-corrected chi connectivity index (χ1v) is 19.7. The fraction of sp³-hybridized carbons (Fsp3) is 0.0536. The first kappa shape index (κ1) is 33.1. The van der Waals surface area contributed by atoms with Gasteiger partial charge in [0.15, 0.2) is 0 Å². The highest BCUT2D eigenvalue weighted by atomic mass is 14.4. The van der Waals surface area contributed by atoms with Gasteiger partial charge in [0.05, 0.1) is 11.6 Å². The van der Waals surface area contributed by atoms with Crippen molar-refractivity contribution in [3.8, 4) is 61.7 Å². The molecule has 0 saturated carbocycles. The molecule has 1 aliphatic rings. The molecule has 0 radical (unpaired) electrons. The van der Waals surface area contributed by atoms with Gasteiger partial charge < -0.3 is 0 Å². The van der Waals surface area contributed by atoms with Gasteiger partial charge in [0.2, 0.25) is 0 Å². The minimum atomic E-state index is -0.0776. The average Bonchev–Trinajstić information content (AvgIpc) is 3.50. The van der Waals surface area contributed by atoms with E-state index in [9.17, 15) is 5.26 Å². The normalized spacial score (nSPS) is 12.9. The van der Waals surface area contributed by atoms with Crippen LogP contribution in [0.1, 0.15) is 30.5 Å². The standard InChI is InChI=1S/C56H37N/c1-56(2)50-23-13-12-16-40(50)41-31-29-39(33-51(41)56)55-46-21-10-7-18-43(46)52(44-19-8-11-22-47(44)55)37-25-27-38(28-26-37)53-42-17-6-9-20-45(42)54(36-14-4-3-5-15-36)49-32-35(34-57)24-30-48(49)53/h3-33H,1-2H3. The lowest BCUT2D eigenvalue weighted by Gasteiger charge is -2.23. The molecule has 0 atom stereocenters. The monoisotopic (exact) mass is 723 g/mol. The second kappa shape index (κ2) is 12.6. The zero-order chi connectivity index (χ0) is 38.3. The smallest absolute Gasteiger partial charge is 0.0991 e. The summed E-state index contributed by atoms with van der Waals surface area (Å²) in [6, 6.07) is 70.8. The van der Waals surface area contributed by atoms with Crippen LogP contribution in [0.3, 0.4) is 0 Å². The maximum Gasteiger partial charge on any atom is 0.0991 e. The van der Waals surface area contributed by atoms with Crippen molar-refractivity contribution in [3.05, 3.63) is 205 Å². The minimum Gasteiger partial charge on any atom is -0.192 e. The molecule has 0 aliphatic heterocycles. The zero-order valence-corrected chi connectivity index (χ0v) is 31.8. The number of fused-ring (bicyclic) bond motifs is 7. The Hall–Kier alpha value is -7.27. The Balaban J connectivity index is 1.11. The average molecular weight is 724 g/mol. The van der Waals surface area contributed by atoms with Crippen LogP contribution in [-0.4, -0.2) is 0 Å². The van der Waals surface area contributed by atoms with E-state index < -0.39 is 0 Å². The molecule has 0 N–H and O–H groups in total. The third-order valence-corrected chi connectivity index (χ3v) is 12.5. The van der Waals surface area contributed by atoms with Crippen molar-refractivity contribution in [2.75, 3.05) is 0 Å². The lowest BCUT2D eigenvalue weighted by molar-refractivity contribution is 0.660. The molecule has 11 rings (SSSR count). The number of nitrogens with zero attached hydrogens (tertiary/aromatic N) is 1. The second-order valence-corrected chi connectivity index (χ2v) is 15.9. The molecular formula is C56H37N. The fourth-order valence-electron chi connectivity index (χ4n) is 9.89. The molecule has 0 amide bonds. The molecule has 0 spiro atoms. The molecule has 1 nitrogen and oxygen atoms in total. The first-order valence-electron chi connectivity index (χ1n) is 19.7. The number of hydrogen-bond acceptors (Lipinski definition) is 1. The van der Waals surface area contributed by atoms with Crippen molar-refractivity contribution in [2.45, 2.75) is 19.3 Å². The number of nitriles is 1. The minimum absolute atomic E-state index is 0.0776. The van der Waals surface area contributed by atoms with Gasteiger partial charge in [-0.15, -0.1) is 0 Å². The molecule has 10 aromatic carbocycles. The van der Waals surface area contributed by atoms with Crippen LogP contribution in [0.25, 0.3) is 98.7 Å². The third kappa shape index (κ3) is 4.94. The molecule has 0 heterocycles. The van der Waals surface area contributed by atoms with Crippen molar-refractivity contribution in [3.63, 3.8) is 0 Å². The van der Waals surface area contributed by atoms with E-state index in [1.807, 2.05) is 6.07 Å². The van der Waals surface area contributed by atoms with Crippen LogP contribution in [0.2, 0.25) is 0 Å². The molecule has 266 valence electrons. The Labute approximate surface area is 332 Å². The van der Waals surface area contributed by atoms with E-state index in [1.165, 1.54) is 82.4 Å². The molecule has 0 saturated heterocycles. The van der Waals surface area contributed by atoms with Crippen molar-refractivity contribution < 1.29 is 0 Å². The van der Waals surface area contributed by atoms with Crippen LogP contribution < -0.4 is 0 Å². The van der Waals surface area contributed by atoms with E-state index in [-0.39, 0.29) is 5.41 Å². The SMILES string of the molecule is CC1(C)c2ccccc2-c2ccc(-c3c4ccccc4c(-c4ccc(-c5c6ccccc6c(-c6ccccc6)c6cc(C#N)ccc56)cc4)c4ccccc34)cc21. The molecule has 1 heteroatoms. The highest BCUT2D eigenvalue weighted by molar-refractivity contribution is 6.23. The van der Waals surface area contributed by atoms with Crippen LogP contribution >= 0.6 is 0 Å². The summed E-state index contributed by atoms with van der Waals surface area (Å²) < 4.78 is 0. The predicted molar refractivity (Wildman–Crippen MR) is 240 cm³/mol. The fourth-order valence-corrected chi connectivity index (χ4v) is 9.89. The third-order valence-electron chi connectivity index (χ3n) is 12.5. The number of benzene rings is 10. The van der Waals surface area contributed by atoms with Gasteiger partial charge in [0, 0.05) is 5.41 Å². The van der Waals surface area contributed by atoms with Gasteiger partial charge in [-0.05, 0) is 128 Å². The van der Waals surface area contributed by atoms with Crippen molar-refractivity contribution in [1.82, 2.24) is 0 Å². The summed E-state index contributed by atoms with van der Waals surface area (Å²) in [5, 5.41) is 19.6. The second-order valence-electron chi connectivity index (χ2n) is 15.9. The van der Waals surface area contributed by atoms with Crippen molar-refractivity contribution in [1.29, 1.82) is 5.26 Å². The molecular weight excluding hydrogens is 687 g/mol. The van der Waals surface area contributed by atoms with Gasteiger partial charge in [0.25, 0.3) is 0 Å². The summed E-state index contributed by atoms with van der Waals surface area (Å²) in [6.07, 6.45) is 0. The predicted octanol–water partition coefficient (Wildman–Crippen LogP) is 15.1. The molecule has 57 heavy (non-hydrogen) atoms. The Bertz CT molecular complexity index is 3250. The largest absolute Gasteiger partial charge is 0.192 e. The van der Waals surface area contributed by atoms with Crippen LogP contribution in [0.4, 0.5) is 0 Å². The Kier molecular flexibility index (Phi) is 7.34. The lowest BCUT2D eigenvalue weighted by Crippen LogP contribution is -2.14. The summed E-state index contributed by atoms with van der Waals surface area (Å²) in [6.45, 7) is 4.72. The molecule has 1 aliphatic carbocycles. The van der Waals surface area contributed by atoms with Crippen LogP contribution in [0.15, 0.2) is 188 Å². The summed E-state index contributed by atoms with van der Waals surface area (Å²) in [7, 11) is 0. The molecule has 0 unspecified atom stereocenters. The van der Waals surface area contributed by atoms with E-state index >= 15 is 0 Å². The van der Waals surface area contributed by atoms with E-state index in [4.69, 9.17) is 0 Å². The quantitative estimate of drug-likeness (QED) is 0.166. The van der Waals surface area contributed by atoms with Gasteiger partial charge in [-0.3, -0.25) is 0 Å². The molecule has 10 aromatic rings. The van der Waals surface area contributed by atoms with Crippen LogP contribution in [0, 0.1) is 11.3 Å². The number of hydrogen-bond donors (Lipinski definition) is 0. The maximum absolute atomic E-state index is 9.97. The van der Waals surface area contributed by atoms with Crippen molar-refractivity contribution >= 4 is 43.1 Å². The highest BCUT2D eigenvalue weighted by Crippen LogP contribution is 2.51. The van der Waals surface area contributed by atoms with E-state index in [0.717, 1.165) is 27.5 Å². The molecule has 0 fully saturated rings. The van der Waals surface area contributed by atoms with E-state index in [0.29, 0.717) is 5.56 Å². The van der Waals surface area contributed by atoms with Crippen LogP contribution in [-0.2, 0) is 5.41 Å². The van der Waals surface area contributed by atoms with Gasteiger partial charge >= 0.3 is 0 Å². The maximum atomic E-state index is 9.97. The van der Waals surface area contributed by atoms with Gasteiger partial charge in [0.1, 0.15) is 0 Å². The van der Waals surface area contributed by atoms with Gasteiger partial charge in [-0.25, -0.2) is 0 Å². The van der Waals surface area contributed by atoms with E-state index in [1.54, 1.807) is 0 Å². The summed E-state index contributed by atoms with van der Waals surface area (Å²) in [5.74, 6) is 0. The topological polar surface area (TPSA) is 23.8 Å². The Morgan fingerprint density at radius 2 is 0.737 bits per heavy atom. The number of rotatable bonds is 4. The summed E-state index contributed by atoms with van der Waals surface area (Å²) in [5.41, 5.74) is 15.6. The molecule has 0 bridgehead atoms. The highest BCUT2D eigenvalue weighted by Gasteiger charge is 2.35. The summed E-state index contributed by atoms with van der Waals surface area (Å²) >= 11 is 0. The Morgan fingerprint density at radius 1 is 0.333 bits per heavy atom. The van der Waals surface area contributed by atoms with Gasteiger partial charge in [-0.2, -0.15) is 5.26 Å². The summed E-state index contributed by atoms with van der Waals surface area (Å²) in [4.78, 5) is 0. The zero-order valence-electron chi connectivity index (χ0n) is 31.8.